The van der Waals surface area contributed by atoms with Crippen LogP contribution in [0.15, 0.2) is 0 Å². The molecule has 15 heavy (non-hydrogen) atoms. The van der Waals surface area contributed by atoms with E-state index < -0.39 is 0 Å². The summed E-state index contributed by atoms with van der Waals surface area (Å²) in [5, 5.41) is 2.02. The first-order valence-electron chi connectivity index (χ1n) is 6.91. The highest BCUT2D eigenvalue weighted by Crippen LogP contribution is 2.40. The first kappa shape index (κ1) is 11.8. The zero-order valence-electron chi connectivity index (χ0n) is 10.4. The van der Waals surface area contributed by atoms with Gasteiger partial charge in [0.15, 0.2) is 0 Å². The molecule has 1 heteroatoms. The minimum Gasteiger partial charge on any atom is -0.155 e. The van der Waals surface area contributed by atoms with Crippen molar-refractivity contribution in [2.75, 3.05) is 0 Å². The Kier molecular flexibility index (Phi) is 4.42. The van der Waals surface area contributed by atoms with Crippen molar-refractivity contribution in [3.05, 3.63) is 0 Å². The van der Waals surface area contributed by atoms with Crippen molar-refractivity contribution in [2.45, 2.75) is 75.7 Å². The predicted octanol–water partition coefficient (Wildman–Crippen LogP) is 4.88. The molecule has 2 aliphatic carbocycles. The second-order valence-electron chi connectivity index (χ2n) is 5.79. The number of hydrogen-bond acceptors (Lipinski definition) is 1. The molecule has 0 aromatic heterocycles. The Bertz CT molecular complexity index is 184. The van der Waals surface area contributed by atoms with Gasteiger partial charge in [0.25, 0.3) is 0 Å². The molecule has 0 nitrogen and oxygen atoms in total. The summed E-state index contributed by atoms with van der Waals surface area (Å²) in [5.41, 5.74) is 0. The van der Waals surface area contributed by atoms with Gasteiger partial charge in [-0.2, -0.15) is 11.8 Å². The monoisotopic (exact) mass is 226 g/mol. The highest BCUT2D eigenvalue weighted by molar-refractivity contribution is 8.00. The lowest BCUT2D eigenvalue weighted by molar-refractivity contribution is 0.283. The molecule has 3 atom stereocenters. The maximum absolute atomic E-state index is 2.46. The zero-order valence-corrected chi connectivity index (χ0v) is 11.2. The zero-order chi connectivity index (χ0) is 10.7. The Morgan fingerprint density at radius 2 is 1.47 bits per heavy atom. The van der Waals surface area contributed by atoms with Gasteiger partial charge in [-0.25, -0.2) is 0 Å². The quantitative estimate of drug-likeness (QED) is 0.647. The van der Waals surface area contributed by atoms with E-state index in [4.69, 9.17) is 0 Å². The van der Waals surface area contributed by atoms with Gasteiger partial charge in [-0.05, 0) is 43.9 Å². The third-order valence-corrected chi connectivity index (χ3v) is 6.16. The van der Waals surface area contributed by atoms with Crippen LogP contribution in [-0.2, 0) is 0 Å². The Balaban J connectivity index is 1.74. The van der Waals surface area contributed by atoms with Crippen molar-refractivity contribution in [3.8, 4) is 0 Å². The molecule has 0 aromatic rings. The summed E-state index contributed by atoms with van der Waals surface area (Å²) < 4.78 is 0. The van der Waals surface area contributed by atoms with Crippen LogP contribution in [0.2, 0.25) is 0 Å². The molecule has 2 saturated carbocycles. The fraction of sp³-hybridized carbons (Fsp3) is 1.00. The lowest BCUT2D eigenvalue weighted by Crippen LogP contribution is -2.24. The van der Waals surface area contributed by atoms with E-state index in [1.54, 1.807) is 0 Å². The highest BCUT2D eigenvalue weighted by Gasteiger charge is 2.27. The largest absolute Gasteiger partial charge is 0.155 e. The molecular formula is C14H26S. The summed E-state index contributed by atoms with van der Waals surface area (Å²) in [6.45, 7) is 4.89. The minimum atomic E-state index is 0.972. The smallest absolute Gasteiger partial charge is 0.00525 e. The van der Waals surface area contributed by atoms with E-state index in [1.807, 2.05) is 0 Å². The standard InChI is InChI=1S/C14H26S/c1-11-8-9-14(10-12(11)2)15-13-6-4-3-5-7-13/h11-14H,3-10H2,1-2H3. The molecule has 0 aliphatic heterocycles. The summed E-state index contributed by atoms with van der Waals surface area (Å²) in [6.07, 6.45) is 12.0. The van der Waals surface area contributed by atoms with Gasteiger partial charge in [0, 0.05) is 10.5 Å². The molecule has 2 rings (SSSR count). The van der Waals surface area contributed by atoms with Gasteiger partial charge in [0.05, 0.1) is 0 Å². The molecule has 0 radical (unpaired) electrons. The van der Waals surface area contributed by atoms with Gasteiger partial charge >= 0.3 is 0 Å². The number of thioether (sulfide) groups is 1. The summed E-state index contributed by atoms with van der Waals surface area (Å²) in [7, 11) is 0. The molecule has 88 valence electrons. The fourth-order valence-electron chi connectivity index (χ4n) is 3.10. The van der Waals surface area contributed by atoms with Crippen molar-refractivity contribution in [1.82, 2.24) is 0 Å². The van der Waals surface area contributed by atoms with E-state index >= 15 is 0 Å². The van der Waals surface area contributed by atoms with Crippen LogP contribution in [0.3, 0.4) is 0 Å². The van der Waals surface area contributed by atoms with Crippen LogP contribution in [0.5, 0.6) is 0 Å². The van der Waals surface area contributed by atoms with Gasteiger partial charge in [-0.1, -0.05) is 33.1 Å². The summed E-state index contributed by atoms with van der Waals surface area (Å²) in [4.78, 5) is 0. The Labute approximate surface area is 99.6 Å². The molecule has 2 fully saturated rings. The second kappa shape index (κ2) is 5.61. The molecule has 2 aliphatic rings. The Morgan fingerprint density at radius 1 is 0.733 bits per heavy atom. The maximum Gasteiger partial charge on any atom is 0.00525 e. The van der Waals surface area contributed by atoms with Gasteiger partial charge in [-0.15, -0.1) is 0 Å². The predicted molar refractivity (Wildman–Crippen MR) is 70.4 cm³/mol. The summed E-state index contributed by atoms with van der Waals surface area (Å²) in [6, 6.07) is 0. The van der Waals surface area contributed by atoms with Crippen LogP contribution < -0.4 is 0 Å². The average Bonchev–Trinajstić information content (AvgIpc) is 2.25. The molecule has 0 amide bonds. The van der Waals surface area contributed by atoms with E-state index in [0.717, 1.165) is 22.3 Å². The molecule has 0 N–H and O–H groups in total. The van der Waals surface area contributed by atoms with Gasteiger partial charge < -0.3 is 0 Å². The third-order valence-electron chi connectivity index (χ3n) is 4.49. The van der Waals surface area contributed by atoms with Crippen LogP contribution in [-0.4, -0.2) is 10.5 Å². The Hall–Kier alpha value is 0.350. The normalized spacial score (nSPS) is 39.2. The first-order chi connectivity index (χ1) is 7.25. The van der Waals surface area contributed by atoms with E-state index in [-0.39, 0.29) is 0 Å². The lowest BCUT2D eigenvalue weighted by Gasteiger charge is -2.34. The van der Waals surface area contributed by atoms with Crippen molar-refractivity contribution in [1.29, 1.82) is 0 Å². The van der Waals surface area contributed by atoms with Crippen molar-refractivity contribution < 1.29 is 0 Å². The van der Waals surface area contributed by atoms with Gasteiger partial charge in [0.1, 0.15) is 0 Å². The molecule has 3 unspecified atom stereocenters. The maximum atomic E-state index is 2.46. The topological polar surface area (TPSA) is 0 Å². The minimum absolute atomic E-state index is 0.972. The van der Waals surface area contributed by atoms with E-state index in [9.17, 15) is 0 Å². The van der Waals surface area contributed by atoms with Crippen molar-refractivity contribution in [3.63, 3.8) is 0 Å². The molecule has 0 saturated heterocycles. The summed E-state index contributed by atoms with van der Waals surface area (Å²) >= 11 is 2.35. The fourth-order valence-corrected chi connectivity index (χ4v) is 4.93. The lowest BCUT2D eigenvalue weighted by atomic mass is 9.81. The molecule has 0 aromatic carbocycles. The van der Waals surface area contributed by atoms with Crippen LogP contribution in [0, 0.1) is 11.8 Å². The van der Waals surface area contributed by atoms with Crippen molar-refractivity contribution >= 4 is 11.8 Å². The first-order valence-corrected chi connectivity index (χ1v) is 7.85. The average molecular weight is 226 g/mol. The molecule has 0 spiro atoms. The van der Waals surface area contributed by atoms with Crippen LogP contribution in [0.1, 0.15) is 65.2 Å². The third kappa shape index (κ3) is 3.41. The highest BCUT2D eigenvalue weighted by atomic mass is 32.2. The van der Waals surface area contributed by atoms with Crippen LogP contribution in [0.4, 0.5) is 0 Å². The second-order valence-corrected chi connectivity index (χ2v) is 7.39. The summed E-state index contributed by atoms with van der Waals surface area (Å²) in [5.74, 6) is 1.95. The number of hydrogen-bond donors (Lipinski definition) is 0. The van der Waals surface area contributed by atoms with Gasteiger partial charge in [0.2, 0.25) is 0 Å². The SMILES string of the molecule is CC1CCC(SC2CCCCC2)CC1C. The molecule has 0 bridgehead atoms. The Morgan fingerprint density at radius 3 is 2.13 bits per heavy atom. The van der Waals surface area contributed by atoms with E-state index in [0.29, 0.717) is 0 Å². The molecular weight excluding hydrogens is 200 g/mol. The molecule has 0 heterocycles. The van der Waals surface area contributed by atoms with Crippen molar-refractivity contribution in [2.24, 2.45) is 11.8 Å². The van der Waals surface area contributed by atoms with E-state index in [2.05, 4.69) is 25.6 Å². The van der Waals surface area contributed by atoms with Crippen LogP contribution in [0.25, 0.3) is 0 Å². The van der Waals surface area contributed by atoms with Crippen LogP contribution >= 0.6 is 11.8 Å². The van der Waals surface area contributed by atoms with Gasteiger partial charge in [-0.3, -0.25) is 0 Å². The van der Waals surface area contributed by atoms with E-state index in [1.165, 1.54) is 51.4 Å². The number of rotatable bonds is 2.